The van der Waals surface area contributed by atoms with E-state index < -0.39 is 0 Å². The fourth-order valence-corrected chi connectivity index (χ4v) is 6.97. The Bertz CT molecular complexity index is 694. The molecular weight excluding hydrogens is 508 g/mol. The predicted molar refractivity (Wildman–Crippen MR) is 194 cm³/mol. The standard InChI is InChI=1S/C29H52N2.C5H12.C4H10.C2H6/c1-9-13-21-30(8)24(5)25(6)31-22-20-29(23-31,26-17-15-14-16-18-26)27(11-3)28(7,12-4)19-10-2;1-3-5-4-2;1-3-4-2;1-2/h24,26H,3,6,9-10,12-23H2,1-2,4-5,7-8H3;3-5H2,1-2H3;3-4H2,1-2H3;1-2H3. The summed E-state index contributed by atoms with van der Waals surface area (Å²) in [6, 6.07) is 0.401. The van der Waals surface area contributed by atoms with Crippen molar-refractivity contribution in [1.82, 2.24) is 9.80 Å². The van der Waals surface area contributed by atoms with Crippen LogP contribution in [0.4, 0.5) is 0 Å². The molecule has 1 aliphatic heterocycles. The van der Waals surface area contributed by atoms with Crippen molar-refractivity contribution >= 4 is 0 Å². The molecule has 0 aromatic rings. The van der Waals surface area contributed by atoms with Crippen LogP contribution >= 0.6 is 0 Å². The van der Waals surface area contributed by atoms with E-state index in [0.29, 0.717) is 6.04 Å². The first-order valence-electron chi connectivity index (χ1n) is 18.7. The van der Waals surface area contributed by atoms with Gasteiger partial charge in [-0.2, -0.15) is 0 Å². The Morgan fingerprint density at radius 3 is 1.86 bits per heavy atom. The second-order valence-electron chi connectivity index (χ2n) is 13.2. The molecule has 0 N–H and O–H groups in total. The summed E-state index contributed by atoms with van der Waals surface area (Å²) >= 11 is 0. The van der Waals surface area contributed by atoms with Crippen LogP contribution in [0.3, 0.4) is 0 Å². The predicted octanol–water partition coefficient (Wildman–Crippen LogP) is 12.8. The van der Waals surface area contributed by atoms with Gasteiger partial charge in [0.05, 0.1) is 0 Å². The maximum atomic E-state index is 4.62. The minimum absolute atomic E-state index is 0.217. The van der Waals surface area contributed by atoms with Crippen LogP contribution in [0, 0.1) is 16.7 Å². The van der Waals surface area contributed by atoms with Crippen molar-refractivity contribution in [3.8, 4) is 0 Å². The maximum absolute atomic E-state index is 4.62. The molecule has 2 rings (SSSR count). The summed E-state index contributed by atoms with van der Waals surface area (Å²) in [5, 5.41) is 0. The van der Waals surface area contributed by atoms with Gasteiger partial charge in [0.25, 0.3) is 0 Å². The molecule has 2 aliphatic rings. The minimum Gasteiger partial charge on any atom is -0.373 e. The van der Waals surface area contributed by atoms with Gasteiger partial charge in [-0.1, -0.05) is 147 Å². The van der Waals surface area contributed by atoms with E-state index in [1.54, 1.807) is 5.57 Å². The van der Waals surface area contributed by atoms with Gasteiger partial charge in [-0.05, 0) is 75.9 Å². The van der Waals surface area contributed by atoms with Gasteiger partial charge in [0.15, 0.2) is 0 Å². The Kier molecular flexibility index (Phi) is 26.1. The highest BCUT2D eigenvalue weighted by molar-refractivity contribution is 5.27. The van der Waals surface area contributed by atoms with E-state index in [1.807, 2.05) is 13.8 Å². The average molecular weight is 589 g/mol. The molecule has 0 amide bonds. The van der Waals surface area contributed by atoms with Crippen molar-refractivity contribution in [3.05, 3.63) is 30.2 Å². The van der Waals surface area contributed by atoms with Crippen LogP contribution < -0.4 is 0 Å². The number of likely N-dealkylation sites (tertiary alicyclic amines) is 1. The molecule has 0 bridgehead atoms. The molecule has 3 atom stereocenters. The van der Waals surface area contributed by atoms with Gasteiger partial charge >= 0.3 is 0 Å². The number of likely N-dealkylation sites (N-methyl/N-ethyl adjacent to an activating group) is 1. The first-order valence-corrected chi connectivity index (χ1v) is 18.7. The Balaban J connectivity index is 0. The lowest BCUT2D eigenvalue weighted by atomic mass is 9.57. The highest BCUT2D eigenvalue weighted by Gasteiger charge is 2.51. The lowest BCUT2D eigenvalue weighted by Crippen LogP contribution is -2.43. The molecule has 1 heterocycles. The molecule has 1 saturated heterocycles. The second-order valence-corrected chi connectivity index (χ2v) is 13.2. The highest BCUT2D eigenvalue weighted by atomic mass is 15.2. The summed E-state index contributed by atoms with van der Waals surface area (Å²) in [5.41, 5.74) is 6.91. The van der Waals surface area contributed by atoms with Gasteiger partial charge < -0.3 is 4.90 Å². The topological polar surface area (TPSA) is 6.48 Å². The molecule has 250 valence electrons. The Hall–Kier alpha value is -0.980. The van der Waals surface area contributed by atoms with Crippen molar-refractivity contribution in [1.29, 1.82) is 0 Å². The first-order chi connectivity index (χ1) is 20.1. The summed E-state index contributed by atoms with van der Waals surface area (Å²) in [6.45, 7) is 36.9. The molecule has 2 heteroatoms. The van der Waals surface area contributed by atoms with Gasteiger partial charge in [0.1, 0.15) is 0 Å². The molecule has 0 spiro atoms. The molecule has 0 aromatic heterocycles. The third-order valence-corrected chi connectivity index (χ3v) is 10.2. The summed E-state index contributed by atoms with van der Waals surface area (Å²) in [7, 11) is 2.26. The van der Waals surface area contributed by atoms with Gasteiger partial charge in [-0.25, -0.2) is 0 Å². The van der Waals surface area contributed by atoms with E-state index in [9.17, 15) is 0 Å². The smallest absolute Gasteiger partial charge is 0.0459 e. The minimum atomic E-state index is 0.217. The van der Waals surface area contributed by atoms with Crippen molar-refractivity contribution in [2.75, 3.05) is 26.7 Å². The van der Waals surface area contributed by atoms with Crippen LogP contribution in [0.5, 0.6) is 0 Å². The van der Waals surface area contributed by atoms with Crippen LogP contribution in [0.2, 0.25) is 0 Å². The van der Waals surface area contributed by atoms with Gasteiger partial charge in [-0.3, -0.25) is 4.90 Å². The fraction of sp³-hybridized carbons (Fsp3) is 0.875. The van der Waals surface area contributed by atoms with Crippen LogP contribution in [-0.4, -0.2) is 42.5 Å². The van der Waals surface area contributed by atoms with E-state index in [-0.39, 0.29) is 10.8 Å². The highest BCUT2D eigenvalue weighted by Crippen LogP contribution is 2.56. The Morgan fingerprint density at radius 2 is 1.45 bits per heavy atom. The van der Waals surface area contributed by atoms with Crippen LogP contribution in [0.1, 0.15) is 179 Å². The molecule has 42 heavy (non-hydrogen) atoms. The number of hydrogen-bond donors (Lipinski definition) is 0. The van der Waals surface area contributed by atoms with Crippen LogP contribution in [-0.2, 0) is 0 Å². The molecule has 2 nitrogen and oxygen atoms in total. The van der Waals surface area contributed by atoms with Crippen LogP contribution in [0.25, 0.3) is 0 Å². The first kappa shape index (κ1) is 43.1. The van der Waals surface area contributed by atoms with E-state index in [0.717, 1.165) is 25.6 Å². The van der Waals surface area contributed by atoms with Gasteiger partial charge in [0.2, 0.25) is 0 Å². The average Bonchev–Trinajstić information content (AvgIpc) is 3.47. The SMILES string of the molecule is C=C=C(C(C)(CC)CCC)C1(C2CCCCC2)CCN(C(=C)C(C)N(C)CCCC)C1.CC.CCCC.CCCCC. The quantitative estimate of drug-likeness (QED) is 0.176. The zero-order valence-corrected chi connectivity index (χ0v) is 31.4. The van der Waals surface area contributed by atoms with Crippen molar-refractivity contribution < 1.29 is 0 Å². The number of unbranched alkanes of at least 4 members (excludes halogenated alkanes) is 4. The summed E-state index contributed by atoms with van der Waals surface area (Å²) in [6.07, 6.45) is 21.1. The summed E-state index contributed by atoms with van der Waals surface area (Å²) < 4.78 is 0. The van der Waals surface area contributed by atoms with Gasteiger partial charge in [-0.15, -0.1) is 5.73 Å². The zero-order chi connectivity index (χ0) is 32.6. The van der Waals surface area contributed by atoms with Gasteiger partial charge in [0, 0.05) is 30.2 Å². The van der Waals surface area contributed by atoms with E-state index in [1.165, 1.54) is 108 Å². The number of hydrogen-bond acceptors (Lipinski definition) is 2. The van der Waals surface area contributed by atoms with E-state index >= 15 is 0 Å². The summed E-state index contributed by atoms with van der Waals surface area (Å²) in [4.78, 5) is 5.13. The maximum Gasteiger partial charge on any atom is 0.0459 e. The molecule has 0 aromatic carbocycles. The van der Waals surface area contributed by atoms with Crippen LogP contribution in [0.15, 0.2) is 30.2 Å². The fourth-order valence-electron chi connectivity index (χ4n) is 6.97. The second kappa shape index (κ2) is 25.4. The molecular formula is C40H80N2. The van der Waals surface area contributed by atoms with Crippen molar-refractivity contribution in [2.24, 2.45) is 16.7 Å². The third-order valence-electron chi connectivity index (χ3n) is 10.2. The monoisotopic (exact) mass is 589 g/mol. The molecule has 1 saturated carbocycles. The third kappa shape index (κ3) is 13.8. The summed E-state index contributed by atoms with van der Waals surface area (Å²) in [5.74, 6) is 0.777. The van der Waals surface area contributed by atoms with E-state index in [4.69, 9.17) is 0 Å². The Labute approximate surface area is 267 Å². The van der Waals surface area contributed by atoms with Crippen molar-refractivity contribution in [3.63, 3.8) is 0 Å². The zero-order valence-electron chi connectivity index (χ0n) is 31.4. The normalized spacial score (nSPS) is 20.5. The Morgan fingerprint density at radius 1 is 0.905 bits per heavy atom. The molecule has 2 fully saturated rings. The molecule has 1 aliphatic carbocycles. The lowest BCUT2D eigenvalue weighted by molar-refractivity contribution is 0.123. The van der Waals surface area contributed by atoms with E-state index in [2.05, 4.69) is 98.1 Å². The number of nitrogens with zero attached hydrogens (tertiary/aromatic N) is 2. The largest absolute Gasteiger partial charge is 0.373 e. The molecule has 3 unspecified atom stereocenters. The number of rotatable bonds is 15. The molecule has 0 radical (unpaired) electrons. The van der Waals surface area contributed by atoms with Crippen molar-refractivity contribution in [2.45, 2.75) is 185 Å². The lowest BCUT2D eigenvalue weighted by Gasteiger charge is -2.47.